The highest BCUT2D eigenvalue weighted by atomic mass is 16.5. The number of aliphatic hydroxyl groups is 1. The Morgan fingerprint density at radius 1 is 1.40 bits per heavy atom. The van der Waals surface area contributed by atoms with Crippen LogP contribution in [0.15, 0.2) is 24.3 Å². The van der Waals surface area contributed by atoms with Crippen LogP contribution in [0.25, 0.3) is 0 Å². The number of hydrogen-bond acceptors (Lipinski definition) is 3. The summed E-state index contributed by atoms with van der Waals surface area (Å²) in [5, 5.41) is 13.8. The highest BCUT2D eigenvalue weighted by Gasteiger charge is 2.42. The average Bonchev–Trinajstić information content (AvgIpc) is 2.84. The molecule has 2 heterocycles. The lowest BCUT2D eigenvalue weighted by Crippen LogP contribution is -2.46. The molecule has 1 aromatic rings. The van der Waals surface area contributed by atoms with E-state index in [2.05, 4.69) is 17.4 Å². The summed E-state index contributed by atoms with van der Waals surface area (Å²) >= 11 is 0. The monoisotopic (exact) mass is 205 g/mol. The Kier molecular flexibility index (Phi) is 1.97. The van der Waals surface area contributed by atoms with Gasteiger partial charge < -0.3 is 15.2 Å². The summed E-state index contributed by atoms with van der Waals surface area (Å²) in [6.45, 7) is 1.13. The Bertz CT molecular complexity index is 347. The molecule has 1 saturated heterocycles. The second-order valence-electron chi connectivity index (χ2n) is 4.46. The maximum Gasteiger partial charge on any atom is 0.110 e. The topological polar surface area (TPSA) is 41.5 Å². The van der Waals surface area contributed by atoms with Gasteiger partial charge in [-0.3, -0.25) is 0 Å². The number of ether oxygens (including phenoxy) is 1. The molecule has 2 N–H and O–H groups in total. The van der Waals surface area contributed by atoms with Crippen molar-refractivity contribution in [1.82, 2.24) is 0 Å². The number of fused-ring (bicyclic) bond motifs is 1. The minimum Gasteiger partial charge on any atom is -0.385 e. The zero-order chi connectivity index (χ0) is 10.3. The molecule has 0 aromatic heterocycles. The van der Waals surface area contributed by atoms with Crippen molar-refractivity contribution < 1.29 is 9.84 Å². The van der Waals surface area contributed by atoms with Crippen LogP contribution in [0.4, 0.5) is 5.69 Å². The molecule has 0 aliphatic carbocycles. The van der Waals surface area contributed by atoms with Gasteiger partial charge in [0.15, 0.2) is 0 Å². The first kappa shape index (κ1) is 9.19. The number of benzene rings is 1. The summed E-state index contributed by atoms with van der Waals surface area (Å²) in [6, 6.07) is 8.34. The quantitative estimate of drug-likeness (QED) is 0.723. The molecule has 2 unspecified atom stereocenters. The SMILES string of the molecule is OC1(C2Cc3ccccc3N2)CCOC1. The van der Waals surface area contributed by atoms with Crippen molar-refractivity contribution in [1.29, 1.82) is 0 Å². The highest BCUT2D eigenvalue weighted by Crippen LogP contribution is 2.34. The second-order valence-corrected chi connectivity index (χ2v) is 4.46. The maximum atomic E-state index is 10.4. The first-order valence-electron chi connectivity index (χ1n) is 5.42. The van der Waals surface area contributed by atoms with Crippen LogP contribution in [0.2, 0.25) is 0 Å². The number of hydrogen-bond donors (Lipinski definition) is 2. The Balaban J connectivity index is 1.84. The molecule has 2 aliphatic rings. The predicted molar refractivity (Wildman–Crippen MR) is 57.9 cm³/mol. The summed E-state index contributed by atoms with van der Waals surface area (Å²) in [7, 11) is 0. The Hall–Kier alpha value is -1.06. The van der Waals surface area contributed by atoms with E-state index in [-0.39, 0.29) is 6.04 Å². The zero-order valence-electron chi connectivity index (χ0n) is 8.57. The van der Waals surface area contributed by atoms with Gasteiger partial charge in [0.05, 0.1) is 12.6 Å². The van der Waals surface area contributed by atoms with Gasteiger partial charge in [0.1, 0.15) is 5.60 Å². The maximum absolute atomic E-state index is 10.4. The van der Waals surface area contributed by atoms with E-state index in [0.29, 0.717) is 13.2 Å². The van der Waals surface area contributed by atoms with Gasteiger partial charge in [-0.1, -0.05) is 18.2 Å². The fraction of sp³-hybridized carbons (Fsp3) is 0.500. The van der Waals surface area contributed by atoms with Gasteiger partial charge in [-0.2, -0.15) is 0 Å². The van der Waals surface area contributed by atoms with Gasteiger partial charge >= 0.3 is 0 Å². The van der Waals surface area contributed by atoms with E-state index in [1.54, 1.807) is 0 Å². The molecule has 2 aliphatic heterocycles. The number of rotatable bonds is 1. The van der Waals surface area contributed by atoms with E-state index >= 15 is 0 Å². The smallest absolute Gasteiger partial charge is 0.110 e. The standard InChI is InChI=1S/C12H15NO2/c14-12(5-6-15-8-12)11-7-9-3-1-2-4-10(9)13-11/h1-4,11,13-14H,5-8H2. The highest BCUT2D eigenvalue weighted by molar-refractivity contribution is 5.57. The summed E-state index contributed by atoms with van der Waals surface area (Å²) < 4.78 is 5.28. The Morgan fingerprint density at radius 2 is 2.27 bits per heavy atom. The minimum absolute atomic E-state index is 0.109. The van der Waals surface area contributed by atoms with Gasteiger partial charge in [0.25, 0.3) is 0 Å². The van der Waals surface area contributed by atoms with Crippen LogP contribution >= 0.6 is 0 Å². The van der Waals surface area contributed by atoms with E-state index < -0.39 is 5.60 Å². The molecule has 1 fully saturated rings. The van der Waals surface area contributed by atoms with Gasteiger partial charge in [-0.15, -0.1) is 0 Å². The first-order chi connectivity index (χ1) is 7.28. The van der Waals surface area contributed by atoms with Gasteiger partial charge in [-0.25, -0.2) is 0 Å². The number of nitrogens with one attached hydrogen (secondary N) is 1. The molecule has 3 nitrogen and oxygen atoms in total. The Morgan fingerprint density at radius 3 is 3.00 bits per heavy atom. The summed E-state index contributed by atoms with van der Waals surface area (Å²) in [5.41, 5.74) is 1.77. The van der Waals surface area contributed by atoms with Gasteiger partial charge in [-0.05, 0) is 18.1 Å². The lowest BCUT2D eigenvalue weighted by molar-refractivity contribution is 0.0117. The molecule has 2 atom stereocenters. The first-order valence-corrected chi connectivity index (χ1v) is 5.42. The summed E-state index contributed by atoms with van der Waals surface area (Å²) in [6.07, 6.45) is 1.63. The normalized spacial score (nSPS) is 33.8. The van der Waals surface area contributed by atoms with Gasteiger partial charge in [0.2, 0.25) is 0 Å². The molecule has 3 rings (SSSR count). The third-order valence-corrected chi connectivity index (χ3v) is 3.45. The molecular weight excluding hydrogens is 190 g/mol. The van der Waals surface area contributed by atoms with Crippen molar-refractivity contribution in [2.24, 2.45) is 0 Å². The van der Waals surface area contributed by atoms with Crippen LogP contribution in [0.3, 0.4) is 0 Å². The van der Waals surface area contributed by atoms with Gasteiger partial charge in [0, 0.05) is 18.7 Å². The van der Waals surface area contributed by atoms with Crippen LogP contribution in [0.5, 0.6) is 0 Å². The fourth-order valence-corrected chi connectivity index (χ4v) is 2.47. The van der Waals surface area contributed by atoms with Crippen molar-refractivity contribution in [2.75, 3.05) is 18.5 Å². The molecule has 0 radical (unpaired) electrons. The summed E-state index contributed by atoms with van der Waals surface area (Å²) in [4.78, 5) is 0. The van der Waals surface area contributed by atoms with Crippen LogP contribution in [0.1, 0.15) is 12.0 Å². The minimum atomic E-state index is -0.682. The molecule has 0 spiro atoms. The summed E-state index contributed by atoms with van der Waals surface area (Å²) in [5.74, 6) is 0. The van der Waals surface area contributed by atoms with Crippen LogP contribution in [-0.4, -0.2) is 30.0 Å². The lowest BCUT2D eigenvalue weighted by atomic mass is 9.91. The molecule has 15 heavy (non-hydrogen) atoms. The zero-order valence-corrected chi connectivity index (χ0v) is 8.57. The number of para-hydroxylation sites is 1. The number of anilines is 1. The molecule has 0 bridgehead atoms. The van der Waals surface area contributed by atoms with E-state index in [9.17, 15) is 5.11 Å². The third-order valence-electron chi connectivity index (χ3n) is 3.45. The van der Waals surface area contributed by atoms with Crippen LogP contribution in [-0.2, 0) is 11.2 Å². The van der Waals surface area contributed by atoms with Crippen molar-refractivity contribution >= 4 is 5.69 Å². The molecule has 0 amide bonds. The molecular formula is C12H15NO2. The van der Waals surface area contributed by atoms with Crippen molar-refractivity contribution in [3.63, 3.8) is 0 Å². The van der Waals surface area contributed by atoms with E-state index in [1.807, 2.05) is 12.1 Å². The van der Waals surface area contributed by atoms with E-state index in [4.69, 9.17) is 4.74 Å². The van der Waals surface area contributed by atoms with Crippen LogP contribution < -0.4 is 5.32 Å². The largest absolute Gasteiger partial charge is 0.385 e. The molecule has 1 aromatic carbocycles. The van der Waals surface area contributed by atoms with Crippen molar-refractivity contribution in [3.8, 4) is 0 Å². The van der Waals surface area contributed by atoms with E-state index in [0.717, 1.165) is 18.5 Å². The lowest BCUT2D eigenvalue weighted by Gasteiger charge is -2.28. The molecule has 0 saturated carbocycles. The van der Waals surface area contributed by atoms with E-state index in [1.165, 1.54) is 5.56 Å². The second kappa shape index (κ2) is 3.22. The van der Waals surface area contributed by atoms with Crippen LogP contribution in [0, 0.1) is 0 Å². The van der Waals surface area contributed by atoms with Crippen molar-refractivity contribution in [3.05, 3.63) is 29.8 Å². The Labute approximate surface area is 89.1 Å². The third kappa shape index (κ3) is 1.43. The molecule has 80 valence electrons. The fourth-order valence-electron chi connectivity index (χ4n) is 2.47. The predicted octanol–water partition coefficient (Wildman–Crippen LogP) is 1.17. The average molecular weight is 205 g/mol. The van der Waals surface area contributed by atoms with Crippen molar-refractivity contribution in [2.45, 2.75) is 24.5 Å². The molecule has 3 heteroatoms.